The molecule has 2 atom stereocenters. The summed E-state index contributed by atoms with van der Waals surface area (Å²) in [6.07, 6.45) is 4.78. The molecule has 1 aromatic carbocycles. The molecule has 19 heavy (non-hydrogen) atoms. The van der Waals surface area contributed by atoms with E-state index in [9.17, 15) is 4.79 Å². The van der Waals surface area contributed by atoms with Gasteiger partial charge in [0.15, 0.2) is 0 Å². The van der Waals surface area contributed by atoms with Gasteiger partial charge in [-0.2, -0.15) is 5.10 Å². The lowest BCUT2D eigenvalue weighted by atomic mass is 9.99. The van der Waals surface area contributed by atoms with Crippen LogP contribution in [0.5, 0.6) is 0 Å². The summed E-state index contributed by atoms with van der Waals surface area (Å²) in [6.45, 7) is 0. The number of halogens is 2. The number of amides is 1. The number of hydrogen-bond donors (Lipinski definition) is 1. The molecule has 1 amide bonds. The molecule has 0 radical (unpaired) electrons. The Balaban J connectivity index is 1.70. The molecule has 2 aliphatic carbocycles. The fraction of sp³-hybridized carbons (Fsp3) is 0.429. The lowest BCUT2D eigenvalue weighted by molar-refractivity contribution is 0.0954. The van der Waals surface area contributed by atoms with E-state index < -0.39 is 0 Å². The molecule has 2 aliphatic rings. The maximum absolute atomic E-state index is 12.0. The highest BCUT2D eigenvalue weighted by Gasteiger charge is 2.36. The van der Waals surface area contributed by atoms with Crippen molar-refractivity contribution in [1.82, 2.24) is 5.43 Å². The standard InChI is InChI=1S/C14H14Cl2N2O/c15-10-3-4-11(12(16)7-10)14(19)18-17-13-6-8-1-2-9(13)5-8/h3-4,7-9H,1-2,5-6H2,(H,18,19)/b17-13-. The van der Waals surface area contributed by atoms with Gasteiger partial charge in [0, 0.05) is 10.7 Å². The van der Waals surface area contributed by atoms with Crippen LogP contribution in [0.2, 0.25) is 10.0 Å². The van der Waals surface area contributed by atoms with Gasteiger partial charge >= 0.3 is 0 Å². The van der Waals surface area contributed by atoms with Crippen molar-refractivity contribution in [2.24, 2.45) is 16.9 Å². The topological polar surface area (TPSA) is 41.5 Å². The van der Waals surface area contributed by atoms with Gasteiger partial charge in [-0.25, -0.2) is 5.43 Å². The third-order valence-corrected chi connectivity index (χ3v) is 4.53. The third kappa shape index (κ3) is 2.63. The summed E-state index contributed by atoms with van der Waals surface area (Å²) in [5.41, 5.74) is 4.14. The highest BCUT2D eigenvalue weighted by atomic mass is 35.5. The Bertz CT molecular complexity index is 556. The van der Waals surface area contributed by atoms with Crippen molar-refractivity contribution in [3.8, 4) is 0 Å². The monoisotopic (exact) mass is 296 g/mol. The first-order chi connectivity index (χ1) is 9.13. The third-order valence-electron chi connectivity index (χ3n) is 3.99. The van der Waals surface area contributed by atoms with Crippen molar-refractivity contribution in [3.63, 3.8) is 0 Å². The summed E-state index contributed by atoms with van der Waals surface area (Å²) < 4.78 is 0. The predicted octanol–water partition coefficient (Wildman–Crippen LogP) is 3.90. The lowest BCUT2D eigenvalue weighted by Gasteiger charge is -2.11. The van der Waals surface area contributed by atoms with Crippen molar-refractivity contribution in [2.75, 3.05) is 0 Å². The molecule has 0 saturated heterocycles. The van der Waals surface area contributed by atoms with Gasteiger partial charge in [-0.15, -0.1) is 0 Å². The molecule has 100 valence electrons. The Morgan fingerprint density at radius 2 is 2.16 bits per heavy atom. The summed E-state index contributed by atoms with van der Waals surface area (Å²) in [5.74, 6) is 1.07. The summed E-state index contributed by atoms with van der Waals surface area (Å²) in [5, 5.41) is 5.13. The Morgan fingerprint density at radius 1 is 1.32 bits per heavy atom. The maximum Gasteiger partial charge on any atom is 0.272 e. The molecular weight excluding hydrogens is 283 g/mol. The van der Waals surface area contributed by atoms with Gasteiger partial charge < -0.3 is 0 Å². The van der Waals surface area contributed by atoms with Gasteiger partial charge in [0.1, 0.15) is 0 Å². The molecule has 2 saturated carbocycles. The number of benzene rings is 1. The van der Waals surface area contributed by atoms with E-state index in [1.54, 1.807) is 18.2 Å². The van der Waals surface area contributed by atoms with Crippen molar-refractivity contribution in [2.45, 2.75) is 25.7 Å². The normalized spacial score (nSPS) is 26.9. The van der Waals surface area contributed by atoms with Crippen LogP contribution < -0.4 is 5.43 Å². The van der Waals surface area contributed by atoms with Crippen LogP contribution in [0.1, 0.15) is 36.0 Å². The van der Waals surface area contributed by atoms with Crippen LogP contribution in [0.4, 0.5) is 0 Å². The smallest absolute Gasteiger partial charge is 0.267 e. The molecule has 2 fully saturated rings. The molecule has 0 aromatic heterocycles. The van der Waals surface area contributed by atoms with E-state index in [4.69, 9.17) is 23.2 Å². The van der Waals surface area contributed by atoms with Crippen LogP contribution in [-0.2, 0) is 0 Å². The van der Waals surface area contributed by atoms with E-state index in [2.05, 4.69) is 10.5 Å². The van der Waals surface area contributed by atoms with Crippen LogP contribution in [-0.4, -0.2) is 11.6 Å². The van der Waals surface area contributed by atoms with Gasteiger partial charge in [-0.05, 0) is 55.7 Å². The van der Waals surface area contributed by atoms with Gasteiger partial charge in [0.2, 0.25) is 0 Å². The molecule has 3 rings (SSSR count). The average Bonchev–Trinajstić information content (AvgIpc) is 2.98. The number of rotatable bonds is 2. The summed E-state index contributed by atoms with van der Waals surface area (Å²) in [6, 6.07) is 4.82. The van der Waals surface area contributed by atoms with E-state index in [0.29, 0.717) is 21.5 Å². The number of nitrogens with one attached hydrogen (secondary N) is 1. The zero-order valence-electron chi connectivity index (χ0n) is 10.3. The number of hydrogen-bond acceptors (Lipinski definition) is 2. The molecule has 1 aromatic rings. The molecule has 5 heteroatoms. The van der Waals surface area contributed by atoms with Crippen LogP contribution in [0.3, 0.4) is 0 Å². The first kappa shape index (κ1) is 12.9. The minimum absolute atomic E-state index is 0.281. The molecule has 0 aliphatic heterocycles. The van der Waals surface area contributed by atoms with E-state index in [1.165, 1.54) is 19.3 Å². The highest BCUT2D eigenvalue weighted by Crippen LogP contribution is 2.42. The molecular formula is C14H14Cl2N2O. The number of nitrogens with zero attached hydrogens (tertiary/aromatic N) is 1. The first-order valence-corrected chi connectivity index (χ1v) is 7.21. The number of hydrazone groups is 1. The van der Waals surface area contributed by atoms with Crippen molar-refractivity contribution in [1.29, 1.82) is 0 Å². The van der Waals surface area contributed by atoms with Crippen molar-refractivity contribution >= 4 is 34.8 Å². The van der Waals surface area contributed by atoms with Gasteiger partial charge in [-0.3, -0.25) is 4.79 Å². The molecule has 0 spiro atoms. The summed E-state index contributed by atoms with van der Waals surface area (Å²) >= 11 is 11.8. The number of fused-ring (bicyclic) bond motifs is 2. The van der Waals surface area contributed by atoms with Crippen LogP contribution in [0.25, 0.3) is 0 Å². The second-order valence-corrected chi connectivity index (χ2v) is 6.09. The maximum atomic E-state index is 12.0. The van der Waals surface area contributed by atoms with Gasteiger partial charge in [-0.1, -0.05) is 23.2 Å². The second kappa shape index (κ2) is 5.14. The Hall–Kier alpha value is -1.06. The second-order valence-electron chi connectivity index (χ2n) is 5.25. The van der Waals surface area contributed by atoms with Gasteiger partial charge in [0.25, 0.3) is 5.91 Å². The Labute approximate surface area is 122 Å². The van der Waals surface area contributed by atoms with Crippen molar-refractivity contribution in [3.05, 3.63) is 33.8 Å². The van der Waals surface area contributed by atoms with E-state index in [0.717, 1.165) is 18.1 Å². The first-order valence-electron chi connectivity index (χ1n) is 6.45. The van der Waals surface area contributed by atoms with Crippen LogP contribution >= 0.6 is 23.2 Å². The molecule has 3 nitrogen and oxygen atoms in total. The van der Waals surface area contributed by atoms with E-state index in [-0.39, 0.29) is 5.91 Å². The quantitative estimate of drug-likeness (QED) is 0.826. The summed E-state index contributed by atoms with van der Waals surface area (Å²) in [7, 11) is 0. The van der Waals surface area contributed by atoms with E-state index in [1.807, 2.05) is 0 Å². The summed E-state index contributed by atoms with van der Waals surface area (Å²) in [4.78, 5) is 12.0. The molecule has 1 N–H and O–H groups in total. The number of carbonyl (C=O) groups is 1. The molecule has 2 unspecified atom stereocenters. The van der Waals surface area contributed by atoms with Crippen LogP contribution in [0.15, 0.2) is 23.3 Å². The molecule has 0 heterocycles. The Morgan fingerprint density at radius 3 is 2.79 bits per heavy atom. The fourth-order valence-electron chi connectivity index (χ4n) is 3.02. The minimum atomic E-state index is -0.281. The average molecular weight is 297 g/mol. The van der Waals surface area contributed by atoms with Gasteiger partial charge in [0.05, 0.1) is 10.6 Å². The van der Waals surface area contributed by atoms with E-state index >= 15 is 0 Å². The zero-order valence-corrected chi connectivity index (χ0v) is 11.8. The largest absolute Gasteiger partial charge is 0.272 e. The highest BCUT2D eigenvalue weighted by molar-refractivity contribution is 6.36. The SMILES string of the molecule is O=C(N/N=C1/CC2CCC1C2)c1ccc(Cl)cc1Cl. The minimum Gasteiger partial charge on any atom is -0.267 e. The Kier molecular flexibility index (Phi) is 3.50. The zero-order chi connectivity index (χ0) is 13.4. The predicted molar refractivity (Wildman–Crippen MR) is 76.8 cm³/mol. The lowest BCUT2D eigenvalue weighted by Crippen LogP contribution is -2.22. The van der Waals surface area contributed by atoms with Crippen molar-refractivity contribution < 1.29 is 4.79 Å². The fourth-order valence-corrected chi connectivity index (χ4v) is 3.51. The van der Waals surface area contributed by atoms with Crippen LogP contribution in [0, 0.1) is 11.8 Å². The molecule has 2 bridgehead atoms. The number of carbonyl (C=O) groups excluding carboxylic acids is 1.